The van der Waals surface area contributed by atoms with E-state index in [1.165, 1.54) is 7.11 Å². The number of ether oxygens (including phenoxy) is 1. The number of aliphatic hydroxyl groups is 1. The molecule has 2 N–H and O–H groups in total. The monoisotopic (exact) mass is 138 g/mol. The molecule has 0 heterocycles. The highest BCUT2D eigenvalue weighted by atomic mass is 16.5. The zero-order chi connectivity index (χ0) is 8.12. The lowest BCUT2D eigenvalue weighted by molar-refractivity contribution is -0.126. The standard InChI is InChI=1S/C2H4O2.CH2O2.CH4O/c1-4-2-3;2-1-3;1-2/h2H,1H3;1H,(H,2,3);2H,1H3. The van der Waals surface area contributed by atoms with Gasteiger partial charge in [-0.3, -0.25) is 9.59 Å². The summed E-state index contributed by atoms with van der Waals surface area (Å²) in [7, 11) is 2.31. The maximum atomic E-state index is 8.95. The fraction of sp³-hybridized carbons (Fsp3) is 0.500. The molecule has 5 heteroatoms. The molecule has 0 aliphatic heterocycles. The van der Waals surface area contributed by atoms with Gasteiger partial charge in [0.1, 0.15) is 0 Å². The van der Waals surface area contributed by atoms with Crippen molar-refractivity contribution in [3.63, 3.8) is 0 Å². The van der Waals surface area contributed by atoms with Crippen LogP contribution in [0.5, 0.6) is 0 Å². The Morgan fingerprint density at radius 3 is 1.44 bits per heavy atom. The van der Waals surface area contributed by atoms with Crippen molar-refractivity contribution in [2.24, 2.45) is 0 Å². The maximum absolute atomic E-state index is 8.95. The van der Waals surface area contributed by atoms with Crippen LogP contribution in [0.4, 0.5) is 0 Å². The van der Waals surface area contributed by atoms with E-state index < -0.39 is 0 Å². The summed E-state index contributed by atoms with van der Waals surface area (Å²) in [5.74, 6) is 0. The van der Waals surface area contributed by atoms with Gasteiger partial charge in [-0.15, -0.1) is 0 Å². The van der Waals surface area contributed by atoms with E-state index in [2.05, 4.69) is 4.74 Å². The molecule has 9 heavy (non-hydrogen) atoms. The summed E-state index contributed by atoms with van der Waals surface area (Å²) >= 11 is 0. The summed E-state index contributed by atoms with van der Waals surface area (Å²) in [4.78, 5) is 17.3. The number of carbonyl (C=O) groups is 2. The average Bonchev–Trinajstić information content (AvgIpc) is 1.94. The van der Waals surface area contributed by atoms with Crippen molar-refractivity contribution in [3.05, 3.63) is 0 Å². The van der Waals surface area contributed by atoms with Crippen LogP contribution in [0.1, 0.15) is 0 Å². The van der Waals surface area contributed by atoms with Crippen molar-refractivity contribution in [1.82, 2.24) is 0 Å². The van der Waals surface area contributed by atoms with E-state index >= 15 is 0 Å². The number of hydrogen-bond donors (Lipinski definition) is 2. The molecule has 0 radical (unpaired) electrons. The number of rotatable bonds is 1. The molecule has 0 saturated carbocycles. The highest BCUT2D eigenvalue weighted by Gasteiger charge is 1.44. The molecule has 0 aliphatic rings. The summed E-state index contributed by atoms with van der Waals surface area (Å²) in [5.41, 5.74) is 0. The molecule has 5 nitrogen and oxygen atoms in total. The van der Waals surface area contributed by atoms with Crippen LogP contribution in [0, 0.1) is 0 Å². The molecule has 56 valence electrons. The van der Waals surface area contributed by atoms with Crippen molar-refractivity contribution < 1.29 is 24.5 Å². The molecule has 0 rings (SSSR count). The van der Waals surface area contributed by atoms with Gasteiger partial charge < -0.3 is 14.9 Å². The van der Waals surface area contributed by atoms with E-state index in [0.717, 1.165) is 7.11 Å². The van der Waals surface area contributed by atoms with Gasteiger partial charge in [-0.25, -0.2) is 0 Å². The normalized spacial score (nSPS) is 4.33. The Balaban J connectivity index is -0.0000000646. The molecule has 0 aromatic rings. The van der Waals surface area contributed by atoms with Crippen LogP contribution in [0.15, 0.2) is 0 Å². The Morgan fingerprint density at radius 1 is 1.33 bits per heavy atom. The fourth-order valence-corrected chi connectivity index (χ4v) is 0. The zero-order valence-electron chi connectivity index (χ0n) is 5.27. The Bertz CT molecular complexity index is 44.2. The van der Waals surface area contributed by atoms with Crippen LogP contribution >= 0.6 is 0 Å². The van der Waals surface area contributed by atoms with Gasteiger partial charge in [0.25, 0.3) is 12.9 Å². The lowest BCUT2D eigenvalue weighted by Gasteiger charge is -1.67. The average molecular weight is 138 g/mol. The Morgan fingerprint density at radius 2 is 1.44 bits per heavy atom. The minimum Gasteiger partial charge on any atom is -0.483 e. The summed E-state index contributed by atoms with van der Waals surface area (Å²) in [6.45, 7) is 0.125. The van der Waals surface area contributed by atoms with E-state index in [1.54, 1.807) is 0 Å². The van der Waals surface area contributed by atoms with Gasteiger partial charge in [0.2, 0.25) is 0 Å². The second-order valence-corrected chi connectivity index (χ2v) is 0.437. The van der Waals surface area contributed by atoms with E-state index in [0.29, 0.717) is 6.47 Å². The van der Waals surface area contributed by atoms with E-state index in [1.807, 2.05) is 0 Å². The predicted octanol–water partition coefficient (Wildman–Crippen LogP) is -0.902. The van der Waals surface area contributed by atoms with Crippen molar-refractivity contribution >= 4 is 12.9 Å². The van der Waals surface area contributed by atoms with Gasteiger partial charge in [0.15, 0.2) is 0 Å². The van der Waals surface area contributed by atoms with Gasteiger partial charge in [-0.05, 0) is 0 Å². The molecule has 0 saturated heterocycles. The van der Waals surface area contributed by atoms with E-state index in [-0.39, 0.29) is 6.47 Å². The molecule has 0 aromatic heterocycles. The van der Waals surface area contributed by atoms with Gasteiger partial charge in [-0.1, -0.05) is 0 Å². The van der Waals surface area contributed by atoms with Gasteiger partial charge in [0, 0.05) is 7.11 Å². The van der Waals surface area contributed by atoms with Gasteiger partial charge in [0.05, 0.1) is 7.11 Å². The second kappa shape index (κ2) is 66.5. The Hall–Kier alpha value is -1.10. The summed E-state index contributed by atoms with van der Waals surface area (Å²) in [6.07, 6.45) is 0. The molecule has 0 aromatic carbocycles. The smallest absolute Gasteiger partial charge is 0.292 e. The maximum Gasteiger partial charge on any atom is 0.292 e. The molecule has 0 atom stereocenters. The quantitative estimate of drug-likeness (QED) is 0.458. The van der Waals surface area contributed by atoms with Crippen LogP contribution in [-0.2, 0) is 14.3 Å². The largest absolute Gasteiger partial charge is 0.483 e. The van der Waals surface area contributed by atoms with Crippen LogP contribution in [0.25, 0.3) is 0 Å². The van der Waals surface area contributed by atoms with Crippen LogP contribution in [-0.4, -0.2) is 37.4 Å². The molecule has 0 aliphatic carbocycles. The number of carbonyl (C=O) groups excluding carboxylic acids is 1. The minimum atomic E-state index is -0.250. The lowest BCUT2D eigenvalue weighted by Crippen LogP contribution is -1.68. The van der Waals surface area contributed by atoms with Crippen LogP contribution in [0.3, 0.4) is 0 Å². The Labute approximate surface area is 52.9 Å². The first-order valence-corrected chi connectivity index (χ1v) is 1.82. The van der Waals surface area contributed by atoms with Gasteiger partial charge >= 0.3 is 0 Å². The minimum absolute atomic E-state index is 0.250. The first-order chi connectivity index (χ1) is 4.33. The summed E-state index contributed by atoms with van der Waals surface area (Å²) in [5, 5.41) is 13.9. The third-order valence-electron chi connectivity index (χ3n) is 0.0962. The summed E-state index contributed by atoms with van der Waals surface area (Å²) in [6, 6.07) is 0. The van der Waals surface area contributed by atoms with Crippen LogP contribution in [0.2, 0.25) is 0 Å². The lowest BCUT2D eigenvalue weighted by atomic mass is 11.5. The molecule has 0 bridgehead atoms. The molecule has 0 amide bonds. The number of carboxylic acid groups (broad SMARTS) is 1. The van der Waals surface area contributed by atoms with Gasteiger partial charge in [-0.2, -0.15) is 0 Å². The van der Waals surface area contributed by atoms with E-state index in [9.17, 15) is 0 Å². The number of aliphatic hydroxyl groups excluding tert-OH is 1. The molecular formula is C4H10O5. The van der Waals surface area contributed by atoms with Crippen molar-refractivity contribution in [2.75, 3.05) is 14.2 Å². The molecule has 0 spiro atoms. The van der Waals surface area contributed by atoms with Crippen LogP contribution < -0.4 is 0 Å². The zero-order valence-corrected chi connectivity index (χ0v) is 5.27. The third kappa shape index (κ3) is 16600. The summed E-state index contributed by atoms with van der Waals surface area (Å²) < 4.78 is 3.86. The number of methoxy groups -OCH3 is 1. The fourth-order valence-electron chi connectivity index (χ4n) is 0. The van der Waals surface area contributed by atoms with Crippen molar-refractivity contribution in [3.8, 4) is 0 Å². The van der Waals surface area contributed by atoms with E-state index in [4.69, 9.17) is 19.8 Å². The molecule has 0 fully saturated rings. The predicted molar refractivity (Wildman–Crippen MR) is 29.9 cm³/mol. The molecule has 0 unspecified atom stereocenters. The van der Waals surface area contributed by atoms with Crippen molar-refractivity contribution in [1.29, 1.82) is 0 Å². The number of hydrogen-bond acceptors (Lipinski definition) is 4. The highest BCUT2D eigenvalue weighted by molar-refractivity contribution is 5.36. The highest BCUT2D eigenvalue weighted by Crippen LogP contribution is 1.35. The molecular weight excluding hydrogens is 128 g/mol. The van der Waals surface area contributed by atoms with Crippen molar-refractivity contribution in [2.45, 2.75) is 0 Å². The topological polar surface area (TPSA) is 83.8 Å². The SMILES string of the molecule is CO.COC=O.O=CO. The Kier molecular flexibility index (Phi) is 116. The first-order valence-electron chi connectivity index (χ1n) is 1.82. The first kappa shape index (κ1) is 15.7. The third-order valence-corrected chi connectivity index (χ3v) is 0.0962. The second-order valence-electron chi connectivity index (χ2n) is 0.437.